The van der Waals surface area contributed by atoms with Crippen LogP contribution in [0.4, 0.5) is 4.79 Å². The number of hydrogen-bond donors (Lipinski definition) is 1. The van der Waals surface area contributed by atoms with Gasteiger partial charge in [-0.05, 0) is 48.0 Å². The molecule has 0 rings (SSSR count). The van der Waals surface area contributed by atoms with E-state index in [9.17, 15) is 14.2 Å². The van der Waals surface area contributed by atoms with Gasteiger partial charge in [-0.2, -0.15) is 0 Å². The van der Waals surface area contributed by atoms with Gasteiger partial charge >= 0.3 is 22.4 Å². The molecule has 10 nitrogen and oxygen atoms in total. The summed E-state index contributed by atoms with van der Waals surface area (Å²) in [5, 5.41) is 2.30. The first-order chi connectivity index (χ1) is 15.1. The van der Waals surface area contributed by atoms with Crippen molar-refractivity contribution >= 4 is 28.3 Å². The lowest BCUT2D eigenvalue weighted by molar-refractivity contribution is -0.116. The summed E-state index contributed by atoms with van der Waals surface area (Å²) < 4.78 is 41.0. The number of carbonyl (C=O) groups is 2. The van der Waals surface area contributed by atoms with E-state index < -0.39 is 28.3 Å². The number of amides is 3. The van der Waals surface area contributed by atoms with Crippen molar-refractivity contribution in [2.75, 3.05) is 52.3 Å². The molecule has 0 atom stereocenters. The maximum Gasteiger partial charge on any atom is 0.500 e. The molecule has 0 heterocycles. The van der Waals surface area contributed by atoms with Gasteiger partial charge < -0.3 is 27.2 Å². The van der Waals surface area contributed by atoms with Gasteiger partial charge in [-0.3, -0.25) is 14.7 Å². The van der Waals surface area contributed by atoms with Crippen molar-refractivity contribution in [3.63, 3.8) is 0 Å². The smallest absolute Gasteiger partial charge is 0.374 e. The summed E-state index contributed by atoms with van der Waals surface area (Å²) >= 11 is 0. The van der Waals surface area contributed by atoms with Crippen molar-refractivity contribution in [1.29, 1.82) is 0 Å². The number of urea groups is 1. The molecule has 0 aromatic carbocycles. The zero-order valence-corrected chi connectivity index (χ0v) is 22.3. The van der Waals surface area contributed by atoms with Gasteiger partial charge in [0.25, 0.3) is 5.91 Å². The third-order valence-electron chi connectivity index (χ3n) is 4.19. The van der Waals surface area contributed by atoms with Gasteiger partial charge in [0.1, 0.15) is 0 Å². The Bertz CT molecular complexity index is 608. The number of nitrogens with zero attached hydrogens (tertiary/aromatic N) is 1. The Labute approximate surface area is 193 Å². The lowest BCUT2D eigenvalue weighted by atomic mass is 10.3. The lowest BCUT2D eigenvalue weighted by Crippen LogP contribution is -2.48. The van der Waals surface area contributed by atoms with Gasteiger partial charge in [-0.15, -0.1) is 0 Å². The Morgan fingerprint density at radius 1 is 0.906 bits per heavy atom. The Balaban J connectivity index is 5.36. The van der Waals surface area contributed by atoms with Gasteiger partial charge in [0.15, 0.2) is 0 Å². The van der Waals surface area contributed by atoms with Crippen LogP contribution in [0.15, 0.2) is 12.2 Å². The molecular formula is C20H41N2O8PSi. The van der Waals surface area contributed by atoms with Crippen LogP contribution >= 0.6 is 7.60 Å². The maximum atomic E-state index is 12.8. The quantitative estimate of drug-likeness (QED) is 0.173. The molecule has 12 heteroatoms. The Morgan fingerprint density at radius 3 is 1.81 bits per heavy atom. The van der Waals surface area contributed by atoms with Crippen LogP contribution in [0.3, 0.4) is 0 Å². The topological polar surface area (TPSA) is 113 Å². The van der Waals surface area contributed by atoms with E-state index in [0.29, 0.717) is 32.3 Å². The van der Waals surface area contributed by atoms with Gasteiger partial charge in [0, 0.05) is 44.5 Å². The van der Waals surface area contributed by atoms with Crippen molar-refractivity contribution in [2.45, 2.75) is 54.0 Å². The van der Waals surface area contributed by atoms with Crippen LogP contribution in [-0.4, -0.2) is 77.9 Å². The monoisotopic (exact) mass is 496 g/mol. The third kappa shape index (κ3) is 11.7. The molecule has 0 saturated carbocycles. The minimum atomic E-state index is -3.35. The maximum absolute atomic E-state index is 12.8. The number of carbonyl (C=O) groups excluding carboxylic acids is 2. The number of imide groups is 1. The van der Waals surface area contributed by atoms with E-state index >= 15 is 0 Å². The highest BCUT2D eigenvalue weighted by Gasteiger charge is 2.40. The molecule has 0 saturated heterocycles. The minimum absolute atomic E-state index is 0.00825. The van der Waals surface area contributed by atoms with E-state index in [2.05, 4.69) is 11.9 Å². The van der Waals surface area contributed by atoms with E-state index in [1.165, 1.54) is 11.8 Å². The molecule has 0 aliphatic carbocycles. The Kier molecular flexibility index (Phi) is 16.0. The van der Waals surface area contributed by atoms with E-state index in [4.69, 9.17) is 22.3 Å². The van der Waals surface area contributed by atoms with Crippen LogP contribution in [0, 0.1) is 0 Å². The highest BCUT2D eigenvalue weighted by Crippen LogP contribution is 2.47. The van der Waals surface area contributed by atoms with Gasteiger partial charge in [0.2, 0.25) is 0 Å². The lowest BCUT2D eigenvalue weighted by Gasteiger charge is -2.30. The van der Waals surface area contributed by atoms with E-state index in [1.54, 1.807) is 13.8 Å². The number of rotatable bonds is 18. The molecule has 0 bridgehead atoms. The predicted octanol–water partition coefficient (Wildman–Crippen LogP) is 3.81. The summed E-state index contributed by atoms with van der Waals surface area (Å²) in [6.07, 6.45) is 0.517. The number of hydrogen-bond acceptors (Lipinski definition) is 8. The summed E-state index contributed by atoms with van der Waals surface area (Å²) in [5.74, 6) is -0.570. The zero-order valence-electron chi connectivity index (χ0n) is 20.4. The molecule has 0 unspecified atom stereocenters. The molecule has 0 spiro atoms. The average Bonchev–Trinajstić information content (AvgIpc) is 2.71. The molecule has 0 radical (unpaired) electrons. The van der Waals surface area contributed by atoms with Crippen LogP contribution in [0.2, 0.25) is 6.04 Å². The first kappa shape index (κ1) is 30.9. The average molecular weight is 497 g/mol. The van der Waals surface area contributed by atoms with Crippen LogP contribution < -0.4 is 5.32 Å². The Morgan fingerprint density at radius 2 is 1.41 bits per heavy atom. The second-order valence-electron chi connectivity index (χ2n) is 6.78. The fourth-order valence-corrected chi connectivity index (χ4v) is 7.09. The van der Waals surface area contributed by atoms with Crippen LogP contribution in [-0.2, 0) is 31.7 Å². The molecule has 0 aliphatic rings. The van der Waals surface area contributed by atoms with Crippen LogP contribution in [0.25, 0.3) is 0 Å². The third-order valence-corrected chi connectivity index (χ3v) is 9.40. The number of nitrogens with one attached hydrogen (secondary N) is 1. The van der Waals surface area contributed by atoms with E-state index in [1.807, 2.05) is 20.8 Å². The highest BCUT2D eigenvalue weighted by molar-refractivity contribution is 7.53. The summed E-state index contributed by atoms with van der Waals surface area (Å²) in [6, 6.07) is -0.107. The molecule has 0 aromatic rings. The van der Waals surface area contributed by atoms with Crippen molar-refractivity contribution in [1.82, 2.24) is 10.2 Å². The van der Waals surface area contributed by atoms with E-state index in [0.717, 1.165) is 0 Å². The van der Waals surface area contributed by atoms with Crippen molar-refractivity contribution < 1.29 is 36.5 Å². The largest absolute Gasteiger partial charge is 0.500 e. The van der Waals surface area contributed by atoms with Crippen molar-refractivity contribution in [3.8, 4) is 0 Å². The summed E-state index contributed by atoms with van der Waals surface area (Å²) in [7, 11) is -6.23. The zero-order chi connectivity index (χ0) is 24.6. The fraction of sp³-hybridized carbons (Fsp3) is 0.800. The van der Waals surface area contributed by atoms with E-state index in [-0.39, 0.29) is 38.0 Å². The van der Waals surface area contributed by atoms with Gasteiger partial charge in [-0.25, -0.2) is 4.79 Å². The molecule has 0 aromatic heterocycles. The molecule has 0 aliphatic heterocycles. The normalized spacial score (nSPS) is 11.9. The van der Waals surface area contributed by atoms with Crippen molar-refractivity contribution in [2.24, 2.45) is 0 Å². The molecule has 32 heavy (non-hydrogen) atoms. The Hall–Kier alpha value is -1.07. The fourth-order valence-electron chi connectivity index (χ4n) is 2.89. The predicted molar refractivity (Wildman–Crippen MR) is 126 cm³/mol. The molecule has 188 valence electrons. The van der Waals surface area contributed by atoms with Crippen LogP contribution in [0.1, 0.15) is 48.0 Å². The molecule has 3 amide bonds. The highest BCUT2D eigenvalue weighted by atomic mass is 31.2. The van der Waals surface area contributed by atoms with Crippen LogP contribution in [0.5, 0.6) is 0 Å². The second-order valence-corrected chi connectivity index (χ2v) is 11.7. The van der Waals surface area contributed by atoms with Crippen molar-refractivity contribution in [3.05, 3.63) is 12.2 Å². The second kappa shape index (κ2) is 16.5. The standard InChI is InChI=1S/C20H41N2O8PSi/c1-8-26-31(25,27-9-2)16-15-22(20(24)21-19(23)18(6)7)14-13-17-32(28-10-3,29-11-4)30-12-5/h6,8-17H2,1-5,7H3,(H,21,23,24). The summed E-state index contributed by atoms with van der Waals surface area (Å²) in [4.78, 5) is 26.1. The summed E-state index contributed by atoms with van der Waals surface area (Å²) in [5.41, 5.74) is 0.211. The first-order valence-electron chi connectivity index (χ1n) is 11.2. The molecule has 0 fully saturated rings. The SMILES string of the molecule is C=C(C)C(=O)NC(=O)N(CCC[Si](OCC)(OCC)OCC)CCP(=O)(OCC)OCC. The molecular weight excluding hydrogens is 455 g/mol. The minimum Gasteiger partial charge on any atom is -0.374 e. The first-order valence-corrected chi connectivity index (χ1v) is 14.8. The summed E-state index contributed by atoms with van der Waals surface area (Å²) in [6.45, 7) is 16.3. The van der Waals surface area contributed by atoms with Gasteiger partial charge in [0.05, 0.1) is 19.4 Å². The van der Waals surface area contributed by atoms with Gasteiger partial charge in [-0.1, -0.05) is 6.58 Å². The molecule has 1 N–H and O–H groups in total.